The molecular formula is C68H125NO8P+. The minimum atomic E-state index is -4.38. The second-order valence-electron chi connectivity index (χ2n) is 23.1. The van der Waals surface area contributed by atoms with Crippen molar-refractivity contribution in [1.82, 2.24) is 0 Å². The van der Waals surface area contributed by atoms with Crippen molar-refractivity contribution < 1.29 is 42.1 Å². The van der Waals surface area contributed by atoms with Gasteiger partial charge in [0.15, 0.2) is 6.10 Å². The molecule has 0 rings (SSSR count). The van der Waals surface area contributed by atoms with Crippen molar-refractivity contribution in [2.45, 2.75) is 302 Å². The van der Waals surface area contributed by atoms with Crippen molar-refractivity contribution in [2.24, 2.45) is 0 Å². The average molecular weight is 1120 g/mol. The van der Waals surface area contributed by atoms with Crippen LogP contribution in [0.15, 0.2) is 72.9 Å². The Morgan fingerprint density at radius 3 is 1.10 bits per heavy atom. The zero-order chi connectivity index (χ0) is 57.0. The van der Waals surface area contributed by atoms with Gasteiger partial charge in [-0.3, -0.25) is 18.6 Å². The van der Waals surface area contributed by atoms with E-state index in [1.165, 1.54) is 180 Å². The van der Waals surface area contributed by atoms with E-state index in [0.29, 0.717) is 17.4 Å². The molecule has 0 aliphatic carbocycles. The molecule has 9 nitrogen and oxygen atoms in total. The van der Waals surface area contributed by atoms with Crippen LogP contribution in [0, 0.1) is 0 Å². The first kappa shape index (κ1) is 75.5. The van der Waals surface area contributed by atoms with Crippen LogP contribution in [0.4, 0.5) is 0 Å². The highest BCUT2D eigenvalue weighted by molar-refractivity contribution is 7.47. The summed E-state index contributed by atoms with van der Waals surface area (Å²) in [6.45, 7) is 4.32. The number of nitrogens with zero attached hydrogens (tertiary/aromatic N) is 1. The minimum Gasteiger partial charge on any atom is -0.462 e. The first-order valence-corrected chi connectivity index (χ1v) is 34.2. The lowest BCUT2D eigenvalue weighted by Gasteiger charge is -2.24. The highest BCUT2D eigenvalue weighted by Gasteiger charge is 2.27. The molecule has 2 atom stereocenters. The van der Waals surface area contributed by atoms with Crippen molar-refractivity contribution in [1.29, 1.82) is 0 Å². The number of allylic oxidation sites excluding steroid dienone is 12. The first-order valence-electron chi connectivity index (χ1n) is 32.7. The molecule has 0 heterocycles. The molecule has 2 unspecified atom stereocenters. The lowest BCUT2D eigenvalue weighted by Crippen LogP contribution is -2.37. The van der Waals surface area contributed by atoms with Crippen LogP contribution >= 0.6 is 7.82 Å². The van der Waals surface area contributed by atoms with E-state index >= 15 is 0 Å². The summed E-state index contributed by atoms with van der Waals surface area (Å²) in [4.78, 5) is 35.6. The Labute approximate surface area is 482 Å². The van der Waals surface area contributed by atoms with Gasteiger partial charge in [-0.05, 0) is 83.5 Å². The minimum absolute atomic E-state index is 0.0312. The van der Waals surface area contributed by atoms with Crippen LogP contribution in [0.1, 0.15) is 296 Å². The van der Waals surface area contributed by atoms with E-state index in [-0.39, 0.29) is 32.0 Å². The van der Waals surface area contributed by atoms with Crippen LogP contribution in [0.3, 0.4) is 0 Å². The number of phosphoric acid groups is 1. The molecule has 0 bridgehead atoms. The quantitative estimate of drug-likeness (QED) is 0.0211. The third-order valence-electron chi connectivity index (χ3n) is 14.2. The number of carbonyl (C=O) groups is 2. The number of likely N-dealkylation sites (N-methyl/N-ethyl adjacent to an activating group) is 1. The summed E-state index contributed by atoms with van der Waals surface area (Å²) in [7, 11) is 1.48. The summed E-state index contributed by atoms with van der Waals surface area (Å²) in [5, 5.41) is 0. The third kappa shape index (κ3) is 62.6. The molecule has 78 heavy (non-hydrogen) atoms. The number of phosphoric ester groups is 1. The topological polar surface area (TPSA) is 108 Å². The molecule has 0 aliphatic rings. The number of unbranched alkanes of at least 4 members (excludes halogenated alkanes) is 34. The van der Waals surface area contributed by atoms with Gasteiger partial charge in [0.2, 0.25) is 0 Å². The summed E-state index contributed by atoms with van der Waals surface area (Å²) in [6.07, 6.45) is 78.8. The molecular weight excluding hydrogens is 990 g/mol. The van der Waals surface area contributed by atoms with Gasteiger partial charge >= 0.3 is 19.8 Å². The standard InChI is InChI=1S/C68H124NO8P/c1-6-8-10-12-14-16-18-20-21-22-23-24-25-26-27-28-29-30-31-32-33-34-35-36-37-38-39-40-41-42-43-44-45-46-47-49-51-53-55-57-59-61-68(71)77-66(65-76-78(72,73)75-63-62-69(3,4)5)64-74-67(70)60-58-56-54-52-50-48-19-17-15-13-11-9-7-2/h8,10,14,16-17,19-21,23-24,26-27,66H,6-7,9,11-13,15,18,22,25,28-65H2,1-5H3/p+1/b10-8-,16-14-,19-17-,21-20-,24-23-,27-26-. The van der Waals surface area contributed by atoms with Crippen LogP contribution in [0.25, 0.3) is 0 Å². The number of quaternary nitrogens is 1. The molecule has 0 amide bonds. The Balaban J connectivity index is 3.86. The summed E-state index contributed by atoms with van der Waals surface area (Å²) in [5.41, 5.74) is 0. The van der Waals surface area contributed by atoms with Gasteiger partial charge in [0.1, 0.15) is 19.8 Å². The van der Waals surface area contributed by atoms with Gasteiger partial charge in [-0.2, -0.15) is 0 Å². The van der Waals surface area contributed by atoms with Gasteiger partial charge < -0.3 is 18.9 Å². The van der Waals surface area contributed by atoms with Crippen LogP contribution < -0.4 is 0 Å². The summed E-state index contributed by atoms with van der Waals surface area (Å²) in [6, 6.07) is 0. The van der Waals surface area contributed by atoms with Gasteiger partial charge in [0.25, 0.3) is 0 Å². The Kier molecular flexibility index (Phi) is 57.2. The van der Waals surface area contributed by atoms with Gasteiger partial charge in [-0.1, -0.05) is 273 Å². The van der Waals surface area contributed by atoms with E-state index in [1.54, 1.807) is 0 Å². The average Bonchev–Trinajstić information content (AvgIpc) is 3.40. The molecule has 0 fully saturated rings. The molecule has 0 radical (unpaired) electrons. The normalized spacial score (nSPS) is 13.7. The predicted octanol–water partition coefficient (Wildman–Crippen LogP) is 20.8. The van der Waals surface area contributed by atoms with Crippen molar-refractivity contribution in [2.75, 3.05) is 47.5 Å². The zero-order valence-electron chi connectivity index (χ0n) is 51.6. The van der Waals surface area contributed by atoms with Crippen molar-refractivity contribution in [3.8, 4) is 0 Å². The SMILES string of the molecule is CC/C=C\C/C=C\C/C=C\C/C=C\C/C=C\CCCCCCCCCCCCCCCCCCCCCCCCCCCC(=O)OC(COC(=O)CCCCCCC/C=C\CCCCCC)COP(=O)(O)OCC[N+](C)(C)C. The molecule has 0 aromatic rings. The molecule has 0 aromatic carbocycles. The third-order valence-corrected chi connectivity index (χ3v) is 15.2. The maximum Gasteiger partial charge on any atom is 0.472 e. The predicted molar refractivity (Wildman–Crippen MR) is 335 cm³/mol. The highest BCUT2D eigenvalue weighted by atomic mass is 31.2. The zero-order valence-corrected chi connectivity index (χ0v) is 52.5. The molecule has 0 saturated heterocycles. The molecule has 1 N–H and O–H groups in total. The van der Waals surface area contributed by atoms with E-state index < -0.39 is 26.5 Å². The molecule has 0 aliphatic heterocycles. The molecule has 0 spiro atoms. The van der Waals surface area contributed by atoms with E-state index in [2.05, 4.69) is 86.8 Å². The summed E-state index contributed by atoms with van der Waals surface area (Å²) < 4.78 is 34.6. The van der Waals surface area contributed by atoms with Crippen molar-refractivity contribution in [3.63, 3.8) is 0 Å². The first-order chi connectivity index (χ1) is 38.0. The Morgan fingerprint density at radius 2 is 0.731 bits per heavy atom. The number of rotatable bonds is 60. The fourth-order valence-corrected chi connectivity index (χ4v) is 9.96. The molecule has 0 saturated carbocycles. The Hall–Kier alpha value is -2.55. The van der Waals surface area contributed by atoms with Gasteiger partial charge in [-0.25, -0.2) is 4.57 Å². The lowest BCUT2D eigenvalue weighted by atomic mass is 10.0. The lowest BCUT2D eigenvalue weighted by molar-refractivity contribution is -0.870. The molecule has 454 valence electrons. The van der Waals surface area contributed by atoms with Crippen LogP contribution in [-0.2, 0) is 32.7 Å². The monoisotopic (exact) mass is 1110 g/mol. The fourth-order valence-electron chi connectivity index (χ4n) is 9.22. The van der Waals surface area contributed by atoms with Crippen LogP contribution in [0.5, 0.6) is 0 Å². The number of esters is 2. The smallest absolute Gasteiger partial charge is 0.462 e. The molecule has 10 heteroatoms. The highest BCUT2D eigenvalue weighted by Crippen LogP contribution is 2.43. The Morgan fingerprint density at radius 1 is 0.410 bits per heavy atom. The molecule has 0 aromatic heterocycles. The van der Waals surface area contributed by atoms with Gasteiger partial charge in [0.05, 0.1) is 27.7 Å². The summed E-state index contributed by atoms with van der Waals surface area (Å²) in [5.74, 6) is -0.797. The van der Waals surface area contributed by atoms with E-state index in [9.17, 15) is 19.0 Å². The number of ether oxygens (including phenoxy) is 2. The van der Waals surface area contributed by atoms with E-state index in [1.807, 2.05) is 21.1 Å². The van der Waals surface area contributed by atoms with Crippen LogP contribution in [-0.4, -0.2) is 74.9 Å². The largest absolute Gasteiger partial charge is 0.472 e. The number of hydrogen-bond donors (Lipinski definition) is 1. The second kappa shape index (κ2) is 59.1. The van der Waals surface area contributed by atoms with Gasteiger partial charge in [-0.15, -0.1) is 0 Å². The maximum atomic E-state index is 12.8. The summed E-state index contributed by atoms with van der Waals surface area (Å²) >= 11 is 0. The van der Waals surface area contributed by atoms with Crippen LogP contribution in [0.2, 0.25) is 0 Å². The van der Waals surface area contributed by atoms with Crippen molar-refractivity contribution >= 4 is 19.8 Å². The van der Waals surface area contributed by atoms with Crippen molar-refractivity contribution in [3.05, 3.63) is 72.9 Å². The van der Waals surface area contributed by atoms with E-state index in [4.69, 9.17) is 18.5 Å². The Bertz CT molecular complexity index is 1550. The fraction of sp³-hybridized carbons (Fsp3) is 0.794. The maximum absolute atomic E-state index is 12.8. The van der Waals surface area contributed by atoms with E-state index in [0.717, 1.165) is 83.5 Å². The van der Waals surface area contributed by atoms with Gasteiger partial charge in [0, 0.05) is 12.8 Å². The number of carbonyl (C=O) groups excluding carboxylic acids is 2. The number of hydrogen-bond acceptors (Lipinski definition) is 7. The second-order valence-corrected chi connectivity index (χ2v) is 24.6.